The van der Waals surface area contributed by atoms with Gasteiger partial charge in [0.2, 0.25) is 5.91 Å². The van der Waals surface area contributed by atoms with E-state index in [1.54, 1.807) is 24.3 Å². The summed E-state index contributed by atoms with van der Waals surface area (Å²) in [5, 5.41) is 7.35. The van der Waals surface area contributed by atoms with Gasteiger partial charge in [0.15, 0.2) is 0 Å². The highest BCUT2D eigenvalue weighted by molar-refractivity contribution is 6.00. The third kappa shape index (κ3) is 3.69. The van der Waals surface area contributed by atoms with Crippen LogP contribution in [0.25, 0.3) is 0 Å². The molecule has 6 heteroatoms. The average Bonchev–Trinajstić information content (AvgIpc) is 3.05. The first-order valence-electron chi connectivity index (χ1n) is 8.68. The van der Waals surface area contributed by atoms with E-state index in [0.717, 1.165) is 11.4 Å². The molecule has 1 N–H and O–H groups in total. The summed E-state index contributed by atoms with van der Waals surface area (Å²) in [6.07, 6.45) is 1.20. The number of hydrogen-bond acceptors (Lipinski definition) is 3. The summed E-state index contributed by atoms with van der Waals surface area (Å²) in [6.45, 7) is 11.7. The number of rotatable bonds is 3. The minimum absolute atomic E-state index is 0.0170. The molecular formula is C20H24N4O2. The lowest BCUT2D eigenvalue weighted by atomic mass is 9.92. The van der Waals surface area contributed by atoms with E-state index in [9.17, 15) is 9.59 Å². The number of nitrogens with one attached hydrogen (secondary N) is 1. The number of hydrogen-bond donors (Lipinski definition) is 1. The van der Waals surface area contributed by atoms with Crippen molar-refractivity contribution in [2.75, 3.05) is 11.9 Å². The first-order chi connectivity index (χ1) is 12.3. The van der Waals surface area contributed by atoms with Crippen LogP contribution in [0.1, 0.15) is 42.5 Å². The third-order valence-electron chi connectivity index (χ3n) is 4.42. The highest BCUT2D eigenvalue weighted by Gasteiger charge is 2.26. The molecule has 2 aromatic rings. The highest BCUT2D eigenvalue weighted by atomic mass is 16.2. The van der Waals surface area contributed by atoms with Gasteiger partial charge >= 0.3 is 0 Å². The van der Waals surface area contributed by atoms with Gasteiger partial charge in [0.1, 0.15) is 0 Å². The van der Waals surface area contributed by atoms with Gasteiger partial charge < -0.3 is 10.2 Å². The SMILES string of the molecule is C=CC(=O)Nc1cccc(C(=O)N2CCn3nc(C(C)(C)C)cc3C2)c1. The van der Waals surface area contributed by atoms with Crippen molar-refractivity contribution >= 4 is 17.5 Å². The minimum atomic E-state index is -0.300. The summed E-state index contributed by atoms with van der Waals surface area (Å²) >= 11 is 0. The first kappa shape index (κ1) is 17.9. The van der Waals surface area contributed by atoms with Crippen LogP contribution in [0.4, 0.5) is 5.69 Å². The van der Waals surface area contributed by atoms with Crippen LogP contribution in [0.3, 0.4) is 0 Å². The van der Waals surface area contributed by atoms with Crippen LogP contribution >= 0.6 is 0 Å². The molecule has 0 spiro atoms. The lowest BCUT2D eigenvalue weighted by Crippen LogP contribution is -2.38. The van der Waals surface area contributed by atoms with Crippen LogP contribution in [-0.2, 0) is 23.3 Å². The highest BCUT2D eigenvalue weighted by Crippen LogP contribution is 2.24. The van der Waals surface area contributed by atoms with Gasteiger partial charge in [0, 0.05) is 23.2 Å². The zero-order valence-corrected chi connectivity index (χ0v) is 15.5. The van der Waals surface area contributed by atoms with Gasteiger partial charge in [-0.1, -0.05) is 33.4 Å². The standard InChI is InChI=1S/C20H24N4O2/c1-5-18(25)21-15-8-6-7-14(11-15)19(26)23-9-10-24-16(13-23)12-17(22-24)20(2,3)4/h5-8,11-12H,1,9-10,13H2,2-4H3,(H,21,25). The van der Waals surface area contributed by atoms with E-state index in [1.807, 2.05) is 9.58 Å². The molecule has 1 aromatic heterocycles. The summed E-state index contributed by atoms with van der Waals surface area (Å²) in [7, 11) is 0. The molecule has 0 unspecified atom stereocenters. The van der Waals surface area contributed by atoms with Crippen LogP contribution in [-0.4, -0.2) is 33.0 Å². The normalized spacial score (nSPS) is 13.9. The molecule has 1 aliphatic rings. The molecule has 2 heterocycles. The molecule has 0 fully saturated rings. The van der Waals surface area contributed by atoms with Crippen molar-refractivity contribution < 1.29 is 9.59 Å². The van der Waals surface area contributed by atoms with E-state index >= 15 is 0 Å². The minimum Gasteiger partial charge on any atom is -0.331 e. The lowest BCUT2D eigenvalue weighted by Gasteiger charge is -2.27. The number of nitrogens with zero attached hydrogens (tertiary/aromatic N) is 3. The van der Waals surface area contributed by atoms with Crippen molar-refractivity contribution in [1.29, 1.82) is 0 Å². The molecule has 0 aliphatic carbocycles. The molecule has 1 aliphatic heterocycles. The summed E-state index contributed by atoms with van der Waals surface area (Å²) in [6, 6.07) is 9.05. The predicted molar refractivity (Wildman–Crippen MR) is 101 cm³/mol. The molecule has 136 valence electrons. The van der Waals surface area contributed by atoms with Gasteiger partial charge in [0.05, 0.1) is 24.5 Å². The Kier molecular flexibility index (Phi) is 4.68. The molecule has 0 saturated heterocycles. The molecule has 26 heavy (non-hydrogen) atoms. The van der Waals surface area contributed by atoms with Gasteiger partial charge in [-0.15, -0.1) is 0 Å². The largest absolute Gasteiger partial charge is 0.331 e. The smallest absolute Gasteiger partial charge is 0.254 e. The van der Waals surface area contributed by atoms with Gasteiger partial charge in [-0.05, 0) is 30.3 Å². The lowest BCUT2D eigenvalue weighted by molar-refractivity contribution is -0.111. The number of aromatic nitrogens is 2. The molecule has 2 amide bonds. The van der Waals surface area contributed by atoms with Crippen molar-refractivity contribution in [2.24, 2.45) is 0 Å². The summed E-state index contributed by atoms with van der Waals surface area (Å²) < 4.78 is 1.99. The second-order valence-electron chi connectivity index (χ2n) is 7.49. The first-order valence-corrected chi connectivity index (χ1v) is 8.68. The van der Waals surface area contributed by atoms with E-state index in [0.29, 0.717) is 30.9 Å². The molecular weight excluding hydrogens is 328 g/mol. The molecule has 1 aromatic carbocycles. The maximum absolute atomic E-state index is 12.9. The van der Waals surface area contributed by atoms with E-state index in [2.05, 4.69) is 43.8 Å². The Morgan fingerprint density at radius 3 is 2.69 bits per heavy atom. The Balaban J connectivity index is 1.77. The number of carbonyl (C=O) groups excluding carboxylic acids is 2. The van der Waals surface area contributed by atoms with Crippen LogP contribution < -0.4 is 5.32 Å². The zero-order valence-electron chi connectivity index (χ0n) is 15.5. The number of carbonyl (C=O) groups is 2. The molecule has 0 atom stereocenters. The average molecular weight is 352 g/mol. The Morgan fingerprint density at radius 2 is 2.00 bits per heavy atom. The number of fused-ring (bicyclic) bond motifs is 1. The zero-order chi connectivity index (χ0) is 18.9. The topological polar surface area (TPSA) is 67.2 Å². The van der Waals surface area contributed by atoms with E-state index in [-0.39, 0.29) is 17.2 Å². The van der Waals surface area contributed by atoms with Crippen molar-refractivity contribution in [1.82, 2.24) is 14.7 Å². The van der Waals surface area contributed by atoms with Crippen molar-refractivity contribution in [3.8, 4) is 0 Å². The summed E-state index contributed by atoms with van der Waals surface area (Å²) in [4.78, 5) is 26.2. The molecule has 0 radical (unpaired) electrons. The van der Waals surface area contributed by atoms with Gasteiger partial charge in [-0.2, -0.15) is 5.10 Å². The van der Waals surface area contributed by atoms with Crippen LogP contribution in [0, 0.1) is 0 Å². The molecule has 0 bridgehead atoms. The molecule has 3 rings (SSSR count). The summed E-state index contributed by atoms with van der Waals surface area (Å²) in [5.41, 5.74) is 3.20. The fraction of sp³-hybridized carbons (Fsp3) is 0.350. The monoisotopic (exact) mass is 352 g/mol. The second kappa shape index (κ2) is 6.78. The third-order valence-corrected chi connectivity index (χ3v) is 4.42. The van der Waals surface area contributed by atoms with Crippen LogP contribution in [0.5, 0.6) is 0 Å². The van der Waals surface area contributed by atoms with Crippen molar-refractivity contribution in [2.45, 2.75) is 39.3 Å². The second-order valence-corrected chi connectivity index (χ2v) is 7.49. The van der Waals surface area contributed by atoms with Crippen LogP contribution in [0.2, 0.25) is 0 Å². The van der Waals surface area contributed by atoms with Gasteiger partial charge in [0.25, 0.3) is 5.91 Å². The number of amides is 2. The molecule has 6 nitrogen and oxygen atoms in total. The van der Waals surface area contributed by atoms with Gasteiger partial charge in [-0.25, -0.2) is 0 Å². The Hall–Kier alpha value is -2.89. The van der Waals surface area contributed by atoms with E-state index in [1.165, 1.54) is 6.08 Å². The Morgan fingerprint density at radius 1 is 1.23 bits per heavy atom. The maximum Gasteiger partial charge on any atom is 0.254 e. The van der Waals surface area contributed by atoms with Crippen molar-refractivity contribution in [3.05, 3.63) is 59.9 Å². The predicted octanol–water partition coefficient (Wildman–Crippen LogP) is 2.96. The number of benzene rings is 1. The quantitative estimate of drug-likeness (QED) is 0.864. The fourth-order valence-electron chi connectivity index (χ4n) is 2.91. The maximum atomic E-state index is 12.9. The molecule has 0 saturated carbocycles. The van der Waals surface area contributed by atoms with E-state index < -0.39 is 0 Å². The Bertz CT molecular complexity index is 861. The van der Waals surface area contributed by atoms with Gasteiger partial charge in [-0.3, -0.25) is 14.3 Å². The summed E-state index contributed by atoms with van der Waals surface area (Å²) in [5.74, 6) is -0.351. The Labute approximate surface area is 153 Å². The van der Waals surface area contributed by atoms with Crippen molar-refractivity contribution in [3.63, 3.8) is 0 Å². The fourth-order valence-corrected chi connectivity index (χ4v) is 2.91. The van der Waals surface area contributed by atoms with E-state index in [4.69, 9.17) is 0 Å². The number of anilines is 1. The van der Waals surface area contributed by atoms with Crippen LogP contribution in [0.15, 0.2) is 43.0 Å².